The summed E-state index contributed by atoms with van der Waals surface area (Å²) in [7, 11) is 0. The molecule has 0 bridgehead atoms. The molecule has 3 aliphatic rings. The third-order valence-electron chi connectivity index (χ3n) is 4.76. The molecule has 1 aromatic carbocycles. The molecule has 2 heterocycles. The van der Waals surface area contributed by atoms with Crippen LogP contribution < -0.4 is 0 Å². The van der Waals surface area contributed by atoms with Crippen molar-refractivity contribution in [3.8, 4) is 0 Å². The Morgan fingerprint density at radius 3 is 3.11 bits per heavy atom. The minimum absolute atomic E-state index is 0.0421. The Morgan fingerprint density at radius 2 is 2.21 bits per heavy atom. The molecule has 0 aromatic heterocycles. The minimum Gasteiger partial charge on any atom is -0.364 e. The molecule has 4 rings (SSSR count). The summed E-state index contributed by atoms with van der Waals surface area (Å²) in [6.07, 6.45) is 2.57. The molecule has 1 aliphatic carbocycles. The van der Waals surface area contributed by atoms with E-state index in [0.29, 0.717) is 19.6 Å². The summed E-state index contributed by atoms with van der Waals surface area (Å²) < 4.78 is 5.63. The largest absolute Gasteiger partial charge is 0.364 e. The lowest BCUT2D eigenvalue weighted by molar-refractivity contribution is -0.278. The summed E-state index contributed by atoms with van der Waals surface area (Å²) in [4.78, 5) is 14.4. The number of carbonyl (C=O) groups is 1. The Kier molecular flexibility index (Phi) is 2.29. The lowest BCUT2D eigenvalue weighted by Crippen LogP contribution is -2.66. The summed E-state index contributed by atoms with van der Waals surface area (Å²) in [5.74, 6) is -0.905. The number of rotatable bonds is 0. The molecule has 4 heteroatoms. The van der Waals surface area contributed by atoms with Crippen LogP contribution in [0.4, 0.5) is 0 Å². The summed E-state index contributed by atoms with van der Waals surface area (Å²) in [6.45, 7) is 1.00. The monoisotopic (exact) mass is 259 g/mol. The molecule has 0 spiro atoms. The number of hydrogen-bond donors (Lipinski definition) is 1. The van der Waals surface area contributed by atoms with Crippen molar-refractivity contribution in [2.24, 2.45) is 0 Å². The number of nitrogens with zero attached hydrogens (tertiary/aromatic N) is 1. The Morgan fingerprint density at radius 1 is 1.37 bits per heavy atom. The van der Waals surface area contributed by atoms with Crippen LogP contribution in [0.3, 0.4) is 0 Å². The van der Waals surface area contributed by atoms with Crippen LogP contribution in [0.2, 0.25) is 0 Å². The van der Waals surface area contributed by atoms with Gasteiger partial charge in [0.15, 0.2) is 5.79 Å². The quantitative estimate of drug-likeness (QED) is 0.768. The molecule has 0 radical (unpaired) electrons. The van der Waals surface area contributed by atoms with E-state index in [2.05, 4.69) is 0 Å². The highest BCUT2D eigenvalue weighted by Crippen LogP contribution is 2.47. The third kappa shape index (κ3) is 1.44. The first-order chi connectivity index (χ1) is 9.21. The predicted octanol–water partition coefficient (Wildman–Crippen LogP) is 1.50. The normalized spacial score (nSPS) is 36.7. The van der Waals surface area contributed by atoms with Gasteiger partial charge in [-0.2, -0.15) is 0 Å². The number of morpholine rings is 1. The number of aliphatic hydroxyl groups is 1. The number of ether oxygens (including phenoxy) is 1. The highest BCUT2D eigenvalue weighted by atomic mass is 16.6. The molecule has 3 atom stereocenters. The number of benzene rings is 1. The average molecular weight is 259 g/mol. The summed E-state index contributed by atoms with van der Waals surface area (Å²) in [6, 6.07) is 7.59. The highest BCUT2D eigenvalue weighted by molar-refractivity contribution is 5.97. The molecule has 1 saturated heterocycles. The van der Waals surface area contributed by atoms with Crippen LogP contribution in [0, 0.1) is 0 Å². The van der Waals surface area contributed by atoms with Gasteiger partial charge in [0.25, 0.3) is 5.91 Å². The minimum atomic E-state index is -1.15. The molecule has 1 amide bonds. The van der Waals surface area contributed by atoms with E-state index in [0.717, 1.165) is 24.0 Å². The first kappa shape index (κ1) is 11.4. The van der Waals surface area contributed by atoms with Crippen molar-refractivity contribution >= 4 is 5.91 Å². The number of amides is 1. The van der Waals surface area contributed by atoms with Crippen LogP contribution in [0.25, 0.3) is 0 Å². The smallest absolute Gasteiger partial charge is 0.254 e. The average Bonchev–Trinajstić information content (AvgIpc) is 2.43. The van der Waals surface area contributed by atoms with Gasteiger partial charge in [-0.05, 0) is 24.5 Å². The molecule has 2 aliphatic heterocycles. The van der Waals surface area contributed by atoms with E-state index < -0.39 is 5.79 Å². The maximum absolute atomic E-state index is 12.6. The zero-order chi connectivity index (χ0) is 13.0. The van der Waals surface area contributed by atoms with Gasteiger partial charge in [-0.3, -0.25) is 4.79 Å². The van der Waals surface area contributed by atoms with Gasteiger partial charge in [0, 0.05) is 24.4 Å². The van der Waals surface area contributed by atoms with E-state index in [1.54, 1.807) is 0 Å². The van der Waals surface area contributed by atoms with E-state index in [1.165, 1.54) is 0 Å². The van der Waals surface area contributed by atoms with Crippen LogP contribution >= 0.6 is 0 Å². The summed E-state index contributed by atoms with van der Waals surface area (Å²) in [5.41, 5.74) is 1.88. The second kappa shape index (κ2) is 3.81. The Balaban J connectivity index is 1.90. The van der Waals surface area contributed by atoms with E-state index in [-0.39, 0.29) is 17.9 Å². The molecule has 1 aromatic rings. The number of hydrogen-bond acceptors (Lipinski definition) is 3. The van der Waals surface area contributed by atoms with Crippen molar-refractivity contribution < 1.29 is 14.6 Å². The Labute approximate surface area is 112 Å². The zero-order valence-corrected chi connectivity index (χ0v) is 10.7. The van der Waals surface area contributed by atoms with E-state index >= 15 is 0 Å². The third-order valence-corrected chi connectivity index (χ3v) is 4.76. The fraction of sp³-hybridized carbons (Fsp3) is 0.533. The SMILES string of the molecule is O=C1c2ccccc2C2CCCC3(O)OCCN1C23. The van der Waals surface area contributed by atoms with Gasteiger partial charge in [-0.25, -0.2) is 0 Å². The predicted molar refractivity (Wildman–Crippen MR) is 68.8 cm³/mol. The lowest BCUT2D eigenvalue weighted by Gasteiger charge is -2.54. The Hall–Kier alpha value is -1.39. The first-order valence-electron chi connectivity index (χ1n) is 6.97. The molecule has 1 N–H and O–H groups in total. The van der Waals surface area contributed by atoms with Crippen LogP contribution in [0.15, 0.2) is 24.3 Å². The van der Waals surface area contributed by atoms with Crippen LogP contribution in [0.5, 0.6) is 0 Å². The van der Waals surface area contributed by atoms with Gasteiger partial charge >= 0.3 is 0 Å². The van der Waals surface area contributed by atoms with Gasteiger partial charge < -0.3 is 14.7 Å². The molecule has 2 fully saturated rings. The number of carbonyl (C=O) groups excluding carboxylic acids is 1. The fourth-order valence-corrected chi connectivity index (χ4v) is 4.00. The van der Waals surface area contributed by atoms with Crippen LogP contribution in [-0.2, 0) is 4.74 Å². The molecule has 4 nitrogen and oxygen atoms in total. The summed E-state index contributed by atoms with van der Waals surface area (Å²) >= 11 is 0. The molecule has 19 heavy (non-hydrogen) atoms. The summed E-state index contributed by atoms with van der Waals surface area (Å²) in [5, 5.41) is 10.7. The highest BCUT2D eigenvalue weighted by Gasteiger charge is 2.55. The van der Waals surface area contributed by atoms with Gasteiger partial charge in [0.1, 0.15) is 0 Å². The van der Waals surface area contributed by atoms with Crippen molar-refractivity contribution in [1.29, 1.82) is 0 Å². The number of fused-ring (bicyclic) bond motifs is 2. The van der Waals surface area contributed by atoms with Crippen molar-refractivity contribution in [2.45, 2.75) is 37.0 Å². The van der Waals surface area contributed by atoms with E-state index in [4.69, 9.17) is 4.74 Å². The maximum atomic E-state index is 12.6. The van der Waals surface area contributed by atoms with Crippen molar-refractivity contribution in [2.75, 3.05) is 13.2 Å². The van der Waals surface area contributed by atoms with Crippen molar-refractivity contribution in [1.82, 2.24) is 4.90 Å². The van der Waals surface area contributed by atoms with Gasteiger partial charge in [0.2, 0.25) is 0 Å². The molecular weight excluding hydrogens is 242 g/mol. The van der Waals surface area contributed by atoms with Gasteiger partial charge in [-0.1, -0.05) is 18.2 Å². The van der Waals surface area contributed by atoms with Gasteiger partial charge in [0.05, 0.1) is 12.6 Å². The molecule has 100 valence electrons. The lowest BCUT2D eigenvalue weighted by atomic mass is 9.71. The standard InChI is InChI=1S/C15H17NO3/c17-14-12-5-2-1-4-10(12)11-6-3-7-15(18)13(11)16(14)8-9-19-15/h1-2,4-5,11,13,18H,3,6-9H2. The van der Waals surface area contributed by atoms with Crippen molar-refractivity contribution in [3.05, 3.63) is 35.4 Å². The van der Waals surface area contributed by atoms with E-state index in [9.17, 15) is 9.90 Å². The maximum Gasteiger partial charge on any atom is 0.254 e. The second-order valence-corrected chi connectivity index (χ2v) is 5.72. The molecule has 3 unspecified atom stereocenters. The second-order valence-electron chi connectivity index (χ2n) is 5.72. The van der Waals surface area contributed by atoms with Crippen LogP contribution in [-0.4, -0.2) is 40.9 Å². The topological polar surface area (TPSA) is 49.8 Å². The van der Waals surface area contributed by atoms with E-state index in [1.807, 2.05) is 29.2 Å². The van der Waals surface area contributed by atoms with Gasteiger partial charge in [-0.15, -0.1) is 0 Å². The molecule has 1 saturated carbocycles. The zero-order valence-electron chi connectivity index (χ0n) is 10.7. The first-order valence-corrected chi connectivity index (χ1v) is 6.97. The fourth-order valence-electron chi connectivity index (χ4n) is 4.00. The van der Waals surface area contributed by atoms with Crippen molar-refractivity contribution in [3.63, 3.8) is 0 Å². The molecular formula is C15H17NO3. The van der Waals surface area contributed by atoms with Crippen LogP contribution in [0.1, 0.15) is 41.1 Å². The Bertz CT molecular complexity index is 540.